The summed E-state index contributed by atoms with van der Waals surface area (Å²) in [6.45, 7) is 0. The topological polar surface area (TPSA) is 101 Å². The van der Waals surface area contributed by atoms with E-state index in [1.165, 1.54) is 0 Å². The summed E-state index contributed by atoms with van der Waals surface area (Å²) >= 11 is 0. The summed E-state index contributed by atoms with van der Waals surface area (Å²) in [5, 5.41) is 9.08. The van der Waals surface area contributed by atoms with E-state index in [9.17, 15) is 14.4 Å². The number of aliphatic carboxylic acids is 1. The number of rotatable bonds is 4. The lowest BCUT2D eigenvalue weighted by molar-refractivity contribution is -0.136. The molecule has 3 N–H and O–H groups in total. The maximum Gasteiger partial charge on any atom is 0.308 e. The van der Waals surface area contributed by atoms with Gasteiger partial charge in [0.05, 0.1) is 12.5 Å². The van der Waals surface area contributed by atoms with Crippen LogP contribution in [0.5, 0.6) is 0 Å². The SMILES string of the molecule is NC(=O)c1ccc(N2C(=O)C(CC(=O)O)=C3CCCCC32)cc1. The van der Waals surface area contributed by atoms with Gasteiger partial charge in [-0.3, -0.25) is 14.4 Å². The first-order chi connectivity index (χ1) is 11.0. The Morgan fingerprint density at radius 1 is 1.22 bits per heavy atom. The van der Waals surface area contributed by atoms with Crippen molar-refractivity contribution in [3.05, 3.63) is 41.0 Å². The van der Waals surface area contributed by atoms with Crippen molar-refractivity contribution in [3.63, 3.8) is 0 Å². The van der Waals surface area contributed by atoms with Gasteiger partial charge in [-0.1, -0.05) is 6.42 Å². The Hall–Kier alpha value is -2.63. The van der Waals surface area contributed by atoms with Crippen molar-refractivity contribution in [2.75, 3.05) is 4.90 Å². The second-order valence-electron chi connectivity index (χ2n) is 5.92. The first kappa shape index (κ1) is 15.3. The van der Waals surface area contributed by atoms with E-state index in [2.05, 4.69) is 0 Å². The van der Waals surface area contributed by atoms with Crippen LogP contribution in [0.15, 0.2) is 35.4 Å². The molecule has 1 fully saturated rings. The van der Waals surface area contributed by atoms with Crippen LogP contribution in [0, 0.1) is 0 Å². The lowest BCUT2D eigenvalue weighted by atomic mass is 9.88. The number of hydrogen-bond acceptors (Lipinski definition) is 3. The van der Waals surface area contributed by atoms with Crippen LogP contribution in [0.2, 0.25) is 0 Å². The molecular formula is C17H18N2O4. The molecule has 120 valence electrons. The Kier molecular flexibility index (Phi) is 3.90. The summed E-state index contributed by atoms with van der Waals surface area (Å²) in [4.78, 5) is 36.7. The fraction of sp³-hybridized carbons (Fsp3) is 0.353. The third-order valence-electron chi connectivity index (χ3n) is 4.51. The molecule has 2 aliphatic rings. The summed E-state index contributed by atoms with van der Waals surface area (Å²) in [6.07, 6.45) is 3.37. The van der Waals surface area contributed by atoms with Crippen LogP contribution in [-0.2, 0) is 9.59 Å². The first-order valence-corrected chi connectivity index (χ1v) is 7.66. The van der Waals surface area contributed by atoms with Gasteiger partial charge >= 0.3 is 5.97 Å². The molecule has 2 amide bonds. The van der Waals surface area contributed by atoms with E-state index in [0.29, 0.717) is 16.8 Å². The van der Waals surface area contributed by atoms with E-state index >= 15 is 0 Å². The van der Waals surface area contributed by atoms with Crippen LogP contribution in [0.25, 0.3) is 0 Å². The summed E-state index contributed by atoms with van der Waals surface area (Å²) in [6, 6.07) is 6.48. The number of benzene rings is 1. The van der Waals surface area contributed by atoms with E-state index in [0.717, 1.165) is 31.3 Å². The number of nitrogens with zero attached hydrogens (tertiary/aromatic N) is 1. The standard InChI is InChI=1S/C17H18N2O4/c18-16(22)10-5-7-11(8-6-10)19-14-4-2-1-3-12(14)13(17(19)23)9-15(20)21/h5-8,14H,1-4,9H2,(H2,18,22)(H,20,21). The molecule has 1 aromatic carbocycles. The molecule has 3 rings (SSSR count). The average molecular weight is 314 g/mol. The second-order valence-corrected chi connectivity index (χ2v) is 5.92. The lowest BCUT2D eigenvalue weighted by Crippen LogP contribution is -2.37. The highest BCUT2D eigenvalue weighted by atomic mass is 16.4. The highest BCUT2D eigenvalue weighted by molar-refractivity contribution is 6.12. The van der Waals surface area contributed by atoms with Crippen LogP contribution in [0.1, 0.15) is 42.5 Å². The summed E-state index contributed by atoms with van der Waals surface area (Å²) in [5.74, 6) is -1.75. The molecule has 1 heterocycles. The zero-order valence-corrected chi connectivity index (χ0v) is 12.6. The highest BCUT2D eigenvalue weighted by Crippen LogP contribution is 2.40. The molecule has 0 radical (unpaired) electrons. The Balaban J connectivity index is 1.95. The largest absolute Gasteiger partial charge is 0.481 e. The molecule has 1 saturated carbocycles. The smallest absolute Gasteiger partial charge is 0.308 e. The minimum absolute atomic E-state index is 0.0648. The molecule has 0 spiro atoms. The van der Waals surface area contributed by atoms with Crippen molar-refractivity contribution in [3.8, 4) is 0 Å². The first-order valence-electron chi connectivity index (χ1n) is 7.66. The van der Waals surface area contributed by atoms with Gasteiger partial charge in [-0.05, 0) is 49.1 Å². The number of amides is 2. The van der Waals surface area contributed by atoms with Crippen molar-refractivity contribution in [1.82, 2.24) is 0 Å². The second kappa shape index (κ2) is 5.87. The summed E-state index contributed by atoms with van der Waals surface area (Å²) in [5.41, 5.74) is 7.66. The quantitative estimate of drug-likeness (QED) is 0.885. The Morgan fingerprint density at radius 2 is 1.91 bits per heavy atom. The highest BCUT2D eigenvalue weighted by Gasteiger charge is 2.41. The van der Waals surface area contributed by atoms with Crippen molar-refractivity contribution >= 4 is 23.5 Å². The van der Waals surface area contributed by atoms with Gasteiger partial charge in [-0.25, -0.2) is 0 Å². The fourth-order valence-electron chi connectivity index (χ4n) is 3.48. The van der Waals surface area contributed by atoms with Crippen LogP contribution in [0.3, 0.4) is 0 Å². The number of primary amides is 1. The van der Waals surface area contributed by atoms with Gasteiger partial charge in [0.2, 0.25) is 5.91 Å². The minimum atomic E-state index is -0.990. The molecule has 6 heteroatoms. The average Bonchev–Trinajstić information content (AvgIpc) is 2.80. The molecule has 1 aromatic rings. The third-order valence-corrected chi connectivity index (χ3v) is 4.51. The van der Waals surface area contributed by atoms with Crippen LogP contribution in [-0.4, -0.2) is 28.9 Å². The van der Waals surface area contributed by atoms with Gasteiger partial charge in [-0.2, -0.15) is 0 Å². The monoisotopic (exact) mass is 314 g/mol. The van der Waals surface area contributed by atoms with Crippen molar-refractivity contribution in [1.29, 1.82) is 0 Å². The molecule has 0 saturated heterocycles. The molecule has 1 aliphatic carbocycles. The van der Waals surface area contributed by atoms with E-state index in [1.54, 1.807) is 29.2 Å². The van der Waals surface area contributed by atoms with Crippen molar-refractivity contribution < 1.29 is 19.5 Å². The molecule has 1 atom stereocenters. The molecular weight excluding hydrogens is 296 g/mol. The van der Waals surface area contributed by atoms with E-state index in [1.807, 2.05) is 0 Å². The van der Waals surface area contributed by atoms with Crippen LogP contribution < -0.4 is 10.6 Å². The fourth-order valence-corrected chi connectivity index (χ4v) is 3.48. The van der Waals surface area contributed by atoms with E-state index in [-0.39, 0.29) is 18.4 Å². The number of carboxylic acids is 1. The molecule has 0 aromatic heterocycles. The van der Waals surface area contributed by atoms with Crippen molar-refractivity contribution in [2.24, 2.45) is 5.73 Å². The maximum atomic E-state index is 12.7. The molecule has 1 aliphatic heterocycles. The Morgan fingerprint density at radius 3 is 2.52 bits per heavy atom. The number of fused-ring (bicyclic) bond motifs is 1. The predicted molar refractivity (Wildman–Crippen MR) is 84.0 cm³/mol. The van der Waals surface area contributed by atoms with Gasteiger partial charge in [0.25, 0.3) is 5.91 Å². The van der Waals surface area contributed by atoms with E-state index < -0.39 is 11.9 Å². The zero-order valence-electron chi connectivity index (χ0n) is 12.6. The van der Waals surface area contributed by atoms with Crippen LogP contribution >= 0.6 is 0 Å². The summed E-state index contributed by atoms with van der Waals surface area (Å²) in [7, 11) is 0. The lowest BCUT2D eigenvalue weighted by Gasteiger charge is -2.30. The van der Waals surface area contributed by atoms with Gasteiger partial charge in [0, 0.05) is 16.8 Å². The van der Waals surface area contributed by atoms with Gasteiger partial charge in [0.1, 0.15) is 0 Å². The number of carbonyl (C=O) groups excluding carboxylic acids is 2. The normalized spacial score (nSPS) is 20.6. The summed E-state index contributed by atoms with van der Waals surface area (Å²) < 4.78 is 0. The molecule has 6 nitrogen and oxygen atoms in total. The number of hydrogen-bond donors (Lipinski definition) is 2. The van der Waals surface area contributed by atoms with Crippen LogP contribution in [0.4, 0.5) is 5.69 Å². The minimum Gasteiger partial charge on any atom is -0.481 e. The maximum absolute atomic E-state index is 12.7. The number of carbonyl (C=O) groups is 3. The number of nitrogens with two attached hydrogens (primary N) is 1. The molecule has 23 heavy (non-hydrogen) atoms. The number of carboxylic acid groups (broad SMARTS) is 1. The predicted octanol–water partition coefficient (Wildman–Crippen LogP) is 1.85. The van der Waals surface area contributed by atoms with Gasteiger partial charge in [0.15, 0.2) is 0 Å². The third kappa shape index (κ3) is 2.72. The Labute approximate surface area is 133 Å². The van der Waals surface area contributed by atoms with Gasteiger partial charge in [-0.15, -0.1) is 0 Å². The zero-order chi connectivity index (χ0) is 16.6. The Bertz CT molecular complexity index is 706. The van der Waals surface area contributed by atoms with Gasteiger partial charge < -0.3 is 15.7 Å². The molecule has 1 unspecified atom stereocenters. The molecule has 0 bridgehead atoms. The van der Waals surface area contributed by atoms with Crippen molar-refractivity contribution in [2.45, 2.75) is 38.1 Å². The van der Waals surface area contributed by atoms with E-state index in [4.69, 9.17) is 10.8 Å². The number of anilines is 1.